The van der Waals surface area contributed by atoms with Crippen LogP contribution < -0.4 is 5.32 Å². The third-order valence-electron chi connectivity index (χ3n) is 2.97. The van der Waals surface area contributed by atoms with Crippen LogP contribution in [0.25, 0.3) is 0 Å². The Hall–Kier alpha value is -1.06. The molecule has 0 radical (unpaired) electrons. The molecule has 0 saturated carbocycles. The molecule has 0 spiro atoms. The third-order valence-corrected chi connectivity index (χ3v) is 4.03. The standard InChI is InChI=1S/C15H14BrClFN/c1-9-6-13(16)15(8-14(9)17)19-10(2)11-4-3-5-12(18)7-11/h3-8,10,19H,1-2H3. The molecule has 19 heavy (non-hydrogen) atoms. The van der Waals surface area contributed by atoms with Crippen LogP contribution in [0.15, 0.2) is 40.9 Å². The summed E-state index contributed by atoms with van der Waals surface area (Å²) in [6.45, 7) is 3.93. The molecule has 4 heteroatoms. The maximum atomic E-state index is 13.2. The number of benzene rings is 2. The van der Waals surface area contributed by atoms with E-state index in [4.69, 9.17) is 11.6 Å². The van der Waals surface area contributed by atoms with Crippen LogP contribution in [0.1, 0.15) is 24.1 Å². The number of anilines is 1. The number of halogens is 3. The minimum absolute atomic E-state index is 0.00854. The van der Waals surface area contributed by atoms with Gasteiger partial charge in [0.15, 0.2) is 0 Å². The van der Waals surface area contributed by atoms with Gasteiger partial charge in [-0.15, -0.1) is 0 Å². The predicted octanol–water partition coefficient (Wildman–Crippen LogP) is 5.72. The summed E-state index contributed by atoms with van der Waals surface area (Å²) in [4.78, 5) is 0. The first-order valence-electron chi connectivity index (χ1n) is 5.95. The van der Waals surface area contributed by atoms with Crippen molar-refractivity contribution in [2.45, 2.75) is 19.9 Å². The Labute approximate surface area is 125 Å². The Balaban J connectivity index is 2.24. The van der Waals surface area contributed by atoms with Gasteiger partial charge in [0.25, 0.3) is 0 Å². The van der Waals surface area contributed by atoms with Crippen molar-refractivity contribution in [3.8, 4) is 0 Å². The molecule has 0 aliphatic carbocycles. The average molecular weight is 343 g/mol. The number of nitrogens with one attached hydrogen (secondary N) is 1. The van der Waals surface area contributed by atoms with E-state index in [-0.39, 0.29) is 11.9 Å². The largest absolute Gasteiger partial charge is 0.378 e. The van der Waals surface area contributed by atoms with Crippen molar-refractivity contribution >= 4 is 33.2 Å². The smallest absolute Gasteiger partial charge is 0.123 e. The maximum absolute atomic E-state index is 13.2. The summed E-state index contributed by atoms with van der Waals surface area (Å²) in [5.41, 5.74) is 2.80. The van der Waals surface area contributed by atoms with Gasteiger partial charge in [0.2, 0.25) is 0 Å². The molecular formula is C15H14BrClFN. The van der Waals surface area contributed by atoms with Crippen LogP contribution >= 0.6 is 27.5 Å². The lowest BCUT2D eigenvalue weighted by Gasteiger charge is -2.18. The number of aryl methyl sites for hydroxylation is 1. The minimum atomic E-state index is -0.229. The Kier molecular flexibility index (Phi) is 4.48. The van der Waals surface area contributed by atoms with E-state index >= 15 is 0 Å². The Morgan fingerprint density at radius 2 is 2.00 bits per heavy atom. The molecule has 1 unspecified atom stereocenters. The second-order valence-corrected chi connectivity index (χ2v) is 5.76. The SMILES string of the molecule is Cc1cc(Br)c(NC(C)c2cccc(F)c2)cc1Cl. The van der Waals surface area contributed by atoms with Gasteiger partial charge in [-0.25, -0.2) is 4.39 Å². The Bertz CT molecular complexity index is 601. The van der Waals surface area contributed by atoms with Crippen LogP contribution in [-0.4, -0.2) is 0 Å². The molecule has 2 aromatic rings. The van der Waals surface area contributed by atoms with Gasteiger partial charge < -0.3 is 5.32 Å². The monoisotopic (exact) mass is 341 g/mol. The molecule has 1 atom stereocenters. The van der Waals surface area contributed by atoms with Crippen molar-refractivity contribution in [2.75, 3.05) is 5.32 Å². The average Bonchev–Trinajstić information content (AvgIpc) is 2.36. The van der Waals surface area contributed by atoms with Crippen molar-refractivity contribution in [2.24, 2.45) is 0 Å². The number of rotatable bonds is 3. The van der Waals surface area contributed by atoms with Crippen LogP contribution in [0.2, 0.25) is 5.02 Å². The van der Waals surface area contributed by atoms with Gasteiger partial charge in [-0.3, -0.25) is 0 Å². The van der Waals surface area contributed by atoms with Crippen LogP contribution in [-0.2, 0) is 0 Å². The van der Waals surface area contributed by atoms with E-state index in [1.807, 2.05) is 32.0 Å². The molecule has 100 valence electrons. The predicted molar refractivity (Wildman–Crippen MR) is 82.3 cm³/mol. The van der Waals surface area contributed by atoms with E-state index < -0.39 is 0 Å². The quantitative estimate of drug-likeness (QED) is 0.752. The van der Waals surface area contributed by atoms with Gasteiger partial charge in [-0.2, -0.15) is 0 Å². The highest BCUT2D eigenvalue weighted by Gasteiger charge is 2.10. The highest BCUT2D eigenvalue weighted by atomic mass is 79.9. The molecule has 0 saturated heterocycles. The zero-order chi connectivity index (χ0) is 14.0. The molecule has 0 aliphatic heterocycles. The van der Waals surface area contributed by atoms with E-state index in [0.29, 0.717) is 5.02 Å². The van der Waals surface area contributed by atoms with Gasteiger partial charge in [0, 0.05) is 15.5 Å². The molecule has 2 aromatic carbocycles. The van der Waals surface area contributed by atoms with Gasteiger partial charge in [-0.05, 0) is 65.2 Å². The van der Waals surface area contributed by atoms with Gasteiger partial charge >= 0.3 is 0 Å². The fraction of sp³-hybridized carbons (Fsp3) is 0.200. The molecule has 0 bridgehead atoms. The van der Waals surface area contributed by atoms with Gasteiger partial charge in [0.05, 0.1) is 5.69 Å². The molecule has 0 aliphatic rings. The number of hydrogen-bond donors (Lipinski definition) is 1. The van der Waals surface area contributed by atoms with E-state index in [1.54, 1.807) is 6.07 Å². The van der Waals surface area contributed by atoms with E-state index in [9.17, 15) is 4.39 Å². The van der Waals surface area contributed by atoms with Crippen molar-refractivity contribution in [1.82, 2.24) is 0 Å². The lowest BCUT2D eigenvalue weighted by molar-refractivity contribution is 0.623. The summed E-state index contributed by atoms with van der Waals surface area (Å²) in [5.74, 6) is -0.229. The normalized spacial score (nSPS) is 12.3. The van der Waals surface area contributed by atoms with Crippen molar-refractivity contribution in [3.05, 3.63) is 62.8 Å². The molecular weight excluding hydrogens is 329 g/mol. The van der Waals surface area contributed by atoms with Crippen molar-refractivity contribution < 1.29 is 4.39 Å². The molecule has 1 N–H and O–H groups in total. The highest BCUT2D eigenvalue weighted by molar-refractivity contribution is 9.10. The van der Waals surface area contributed by atoms with E-state index in [1.165, 1.54) is 12.1 Å². The molecule has 2 rings (SSSR count). The van der Waals surface area contributed by atoms with Crippen LogP contribution in [0.5, 0.6) is 0 Å². The molecule has 1 nitrogen and oxygen atoms in total. The first-order chi connectivity index (χ1) is 8.97. The second kappa shape index (κ2) is 5.93. The van der Waals surface area contributed by atoms with E-state index in [2.05, 4.69) is 21.2 Å². The molecule has 0 fully saturated rings. The molecule has 0 aromatic heterocycles. The summed E-state index contributed by atoms with van der Waals surface area (Å²) in [6, 6.07) is 10.4. The topological polar surface area (TPSA) is 12.0 Å². The van der Waals surface area contributed by atoms with Gasteiger partial charge in [-0.1, -0.05) is 23.7 Å². The summed E-state index contributed by atoms with van der Waals surface area (Å²) < 4.78 is 14.1. The Morgan fingerprint density at radius 3 is 2.68 bits per heavy atom. The van der Waals surface area contributed by atoms with Crippen molar-refractivity contribution in [1.29, 1.82) is 0 Å². The maximum Gasteiger partial charge on any atom is 0.123 e. The zero-order valence-corrected chi connectivity index (χ0v) is 13.0. The zero-order valence-electron chi connectivity index (χ0n) is 10.7. The fourth-order valence-electron chi connectivity index (χ4n) is 1.85. The number of hydrogen-bond acceptors (Lipinski definition) is 1. The third kappa shape index (κ3) is 3.48. The second-order valence-electron chi connectivity index (χ2n) is 4.50. The minimum Gasteiger partial charge on any atom is -0.378 e. The Morgan fingerprint density at radius 1 is 1.26 bits per heavy atom. The highest BCUT2D eigenvalue weighted by Crippen LogP contribution is 2.31. The molecule has 0 amide bonds. The van der Waals surface area contributed by atoms with Crippen LogP contribution in [0.4, 0.5) is 10.1 Å². The lowest BCUT2D eigenvalue weighted by atomic mass is 10.1. The van der Waals surface area contributed by atoms with Crippen molar-refractivity contribution in [3.63, 3.8) is 0 Å². The van der Waals surface area contributed by atoms with Crippen LogP contribution in [0.3, 0.4) is 0 Å². The lowest BCUT2D eigenvalue weighted by Crippen LogP contribution is -2.07. The summed E-state index contributed by atoms with van der Waals surface area (Å²) in [7, 11) is 0. The van der Waals surface area contributed by atoms with Crippen LogP contribution in [0, 0.1) is 12.7 Å². The first kappa shape index (κ1) is 14.4. The fourth-order valence-corrected chi connectivity index (χ4v) is 2.59. The first-order valence-corrected chi connectivity index (χ1v) is 7.12. The van der Waals surface area contributed by atoms with Gasteiger partial charge in [0.1, 0.15) is 5.82 Å². The molecule has 0 heterocycles. The summed E-state index contributed by atoms with van der Waals surface area (Å²) in [6.07, 6.45) is 0. The summed E-state index contributed by atoms with van der Waals surface area (Å²) in [5, 5.41) is 4.03. The van der Waals surface area contributed by atoms with E-state index in [0.717, 1.165) is 21.3 Å². The summed E-state index contributed by atoms with van der Waals surface area (Å²) >= 11 is 9.62.